The summed E-state index contributed by atoms with van der Waals surface area (Å²) in [6, 6.07) is 70.6. The van der Waals surface area contributed by atoms with Gasteiger partial charge in [0.1, 0.15) is 5.82 Å². The van der Waals surface area contributed by atoms with Gasteiger partial charge in [-0.15, -0.1) is 29.7 Å². The molecule has 0 saturated carbocycles. The monoisotopic (exact) mass is 1120 g/mol. The van der Waals surface area contributed by atoms with Gasteiger partial charge in [-0.3, -0.25) is 4.98 Å². The molecule has 6 heterocycles. The summed E-state index contributed by atoms with van der Waals surface area (Å²) in [7, 11) is 0. The molecule has 5 aromatic heterocycles. The normalized spacial score (nSPS) is 14.1. The van der Waals surface area contributed by atoms with Crippen LogP contribution in [0, 0.1) is 12.1 Å². The molecular weight excluding hydrogens is 1070 g/mol. The van der Waals surface area contributed by atoms with Crippen LogP contribution in [0.5, 0.6) is 11.5 Å². The summed E-state index contributed by atoms with van der Waals surface area (Å²) in [4.78, 5) is 10.6. The fraction of sp³-hybridized carbons (Fsp3) is 0.152. The van der Waals surface area contributed by atoms with Crippen LogP contribution in [0.25, 0.3) is 105 Å². The number of fused-ring (bicyclic) bond motifs is 9. The van der Waals surface area contributed by atoms with Crippen LogP contribution in [0.15, 0.2) is 182 Å². The number of para-hydroxylation sites is 3. The van der Waals surface area contributed by atoms with Gasteiger partial charge < -0.3 is 18.3 Å². The molecule has 13 aromatic rings. The first-order chi connectivity index (χ1) is 34.8. The Kier molecular flexibility index (Phi) is 9.95. The van der Waals surface area contributed by atoms with E-state index in [-0.39, 0.29) is 37.3 Å². The molecule has 0 bridgehead atoms. The van der Waals surface area contributed by atoms with Crippen molar-refractivity contribution < 1.29 is 25.8 Å². The van der Waals surface area contributed by atoms with E-state index in [1.54, 1.807) is 0 Å². The van der Waals surface area contributed by atoms with Crippen LogP contribution in [-0.2, 0) is 37.3 Å². The van der Waals surface area contributed by atoms with E-state index in [9.17, 15) is 0 Å². The van der Waals surface area contributed by atoms with Gasteiger partial charge in [0.2, 0.25) is 0 Å². The number of hydrogen-bond donors (Lipinski definition) is 0. The smallest absolute Gasteiger partial charge is 0.503 e. The van der Waals surface area contributed by atoms with E-state index in [2.05, 4.69) is 238 Å². The Balaban J connectivity index is 0.00000516. The number of rotatable bonds is 6. The summed E-state index contributed by atoms with van der Waals surface area (Å²) in [5, 5.41) is 7.83. The third-order valence-corrected chi connectivity index (χ3v) is 16.2. The standard InChI is InChI=1S/C66H51N5O.Pt/c1-64(2,3)43-33-34-67-59(37-43)70-57-32-26-42(41-25-31-56-51(35-41)48-21-14-15-24-55(48)69(56)44-19-12-9-13-20-44)36-52(57)49-30-28-46(39-58(49)70)72-45-27-29-47-50-22-16-23-54-61(50)71-62(66(6,7)65(54,4)5)60(40-17-10-8-11-18-40)68-63(71)53(47)38-45;/h8-37H,1-7H3;/q-2;+2. The molecule has 0 saturated heterocycles. The van der Waals surface area contributed by atoms with E-state index < -0.39 is 0 Å². The molecule has 7 heteroatoms. The second-order valence-electron chi connectivity index (χ2n) is 21.7. The van der Waals surface area contributed by atoms with Crippen LogP contribution in [0.4, 0.5) is 0 Å². The molecule has 73 heavy (non-hydrogen) atoms. The van der Waals surface area contributed by atoms with Gasteiger partial charge in [-0.25, -0.2) is 4.98 Å². The van der Waals surface area contributed by atoms with Gasteiger partial charge in [0.25, 0.3) is 0 Å². The van der Waals surface area contributed by atoms with E-state index in [4.69, 9.17) is 14.7 Å². The predicted molar refractivity (Wildman–Crippen MR) is 296 cm³/mol. The summed E-state index contributed by atoms with van der Waals surface area (Å²) in [6.07, 6.45) is 1.92. The van der Waals surface area contributed by atoms with Crippen molar-refractivity contribution >= 4 is 70.9 Å². The molecule has 0 atom stereocenters. The van der Waals surface area contributed by atoms with E-state index in [1.165, 1.54) is 49.5 Å². The number of aromatic nitrogens is 5. The molecule has 1 aliphatic heterocycles. The van der Waals surface area contributed by atoms with Crippen molar-refractivity contribution in [2.75, 3.05) is 0 Å². The van der Waals surface area contributed by atoms with Gasteiger partial charge in [-0.2, -0.15) is 6.07 Å². The number of imidazole rings is 1. The summed E-state index contributed by atoms with van der Waals surface area (Å²) in [6.45, 7) is 16.2. The molecule has 14 rings (SSSR count). The average molecular weight is 1130 g/mol. The maximum Gasteiger partial charge on any atom is 2.00 e. The molecular formula is C66H51N5OPt. The summed E-state index contributed by atoms with van der Waals surface area (Å²) >= 11 is 0. The van der Waals surface area contributed by atoms with Crippen LogP contribution in [0.1, 0.15) is 65.3 Å². The van der Waals surface area contributed by atoms with Crippen LogP contribution < -0.4 is 4.74 Å². The average Bonchev–Trinajstić information content (AvgIpc) is 4.07. The zero-order valence-electron chi connectivity index (χ0n) is 41.8. The molecule has 0 fully saturated rings. The largest absolute Gasteiger partial charge is 2.00 e. The van der Waals surface area contributed by atoms with E-state index in [1.807, 2.05) is 18.3 Å². The molecule has 0 radical (unpaired) electrons. The number of hydrogen-bond acceptors (Lipinski definition) is 3. The Bertz CT molecular complexity index is 4400. The number of ether oxygens (including phenoxy) is 1. The summed E-state index contributed by atoms with van der Waals surface area (Å²) in [5.74, 6) is 2.02. The van der Waals surface area contributed by atoms with E-state index in [0.29, 0.717) is 11.5 Å². The maximum absolute atomic E-state index is 6.87. The van der Waals surface area contributed by atoms with Crippen molar-refractivity contribution in [3.63, 3.8) is 0 Å². The Morgan fingerprint density at radius 3 is 1.89 bits per heavy atom. The van der Waals surface area contributed by atoms with Crippen molar-refractivity contribution in [1.29, 1.82) is 0 Å². The molecule has 6 nitrogen and oxygen atoms in total. The topological polar surface area (TPSA) is 49.3 Å². The minimum Gasteiger partial charge on any atom is -0.503 e. The minimum absolute atomic E-state index is 0. The molecule has 0 aliphatic carbocycles. The first-order valence-electron chi connectivity index (χ1n) is 25.0. The zero-order valence-corrected chi connectivity index (χ0v) is 44.1. The summed E-state index contributed by atoms with van der Waals surface area (Å²) < 4.78 is 13.9. The van der Waals surface area contributed by atoms with Crippen LogP contribution >= 0.6 is 0 Å². The molecule has 0 N–H and O–H groups in total. The van der Waals surface area contributed by atoms with E-state index in [0.717, 1.165) is 72.1 Å². The summed E-state index contributed by atoms with van der Waals surface area (Å²) in [5.41, 5.74) is 15.2. The second kappa shape index (κ2) is 16.1. The fourth-order valence-corrected chi connectivity index (χ4v) is 11.8. The van der Waals surface area contributed by atoms with Crippen LogP contribution in [-0.4, -0.2) is 23.5 Å². The van der Waals surface area contributed by atoms with E-state index >= 15 is 0 Å². The van der Waals surface area contributed by atoms with Crippen LogP contribution in [0.3, 0.4) is 0 Å². The molecule has 8 aromatic carbocycles. The third kappa shape index (κ3) is 6.59. The van der Waals surface area contributed by atoms with Crippen molar-refractivity contribution in [2.24, 2.45) is 0 Å². The molecule has 0 amide bonds. The number of nitrogens with zero attached hydrogens (tertiary/aromatic N) is 5. The second-order valence-corrected chi connectivity index (χ2v) is 21.7. The molecule has 0 spiro atoms. The van der Waals surface area contributed by atoms with Crippen LogP contribution in [0.2, 0.25) is 0 Å². The quantitative estimate of drug-likeness (QED) is 0.123. The first-order valence-corrected chi connectivity index (χ1v) is 25.0. The number of pyridine rings is 2. The van der Waals surface area contributed by atoms with Crippen molar-refractivity contribution in [3.05, 3.63) is 211 Å². The SMILES string of the molecule is CC(C)(C)c1ccnc(-n2c3[c-]c(Oc4[c-]c5c(cc4)c4cccc6c4n4c(c(-c7ccccc7)nc54)C(C)(C)C6(C)C)ccc3c3cc(-c4ccc5c(c4)c4ccccc4n5-c4ccccc4)ccc32)c1.[Pt+2]. The first kappa shape index (κ1) is 45.1. The maximum atomic E-state index is 6.87. The zero-order chi connectivity index (χ0) is 48.8. The Labute approximate surface area is 438 Å². The van der Waals surface area contributed by atoms with Gasteiger partial charge >= 0.3 is 21.1 Å². The number of benzene rings is 8. The molecule has 356 valence electrons. The van der Waals surface area contributed by atoms with Gasteiger partial charge in [0.15, 0.2) is 0 Å². The van der Waals surface area contributed by atoms with Gasteiger partial charge in [0, 0.05) is 67.3 Å². The third-order valence-electron chi connectivity index (χ3n) is 16.2. The molecule has 0 unspecified atom stereocenters. The Hall–Kier alpha value is -7.79. The van der Waals surface area contributed by atoms with Gasteiger partial charge in [-0.05, 0) is 87.0 Å². The predicted octanol–water partition coefficient (Wildman–Crippen LogP) is 16.8. The minimum atomic E-state index is -0.247. The Morgan fingerprint density at radius 1 is 0.521 bits per heavy atom. The van der Waals surface area contributed by atoms with Gasteiger partial charge in [0.05, 0.1) is 22.4 Å². The fourth-order valence-electron chi connectivity index (χ4n) is 11.8. The van der Waals surface area contributed by atoms with Crippen molar-refractivity contribution in [3.8, 4) is 45.4 Å². The molecule has 1 aliphatic rings. The van der Waals surface area contributed by atoms with Crippen molar-refractivity contribution in [1.82, 2.24) is 23.5 Å². The Morgan fingerprint density at radius 2 is 1.15 bits per heavy atom. The van der Waals surface area contributed by atoms with Gasteiger partial charge in [-0.1, -0.05) is 174 Å². The van der Waals surface area contributed by atoms with Crippen molar-refractivity contribution in [2.45, 2.75) is 64.7 Å².